The first kappa shape index (κ1) is 14.9. The second-order valence-electron chi connectivity index (χ2n) is 7.04. The van der Waals surface area contributed by atoms with Gasteiger partial charge in [0.2, 0.25) is 0 Å². The number of nitrogens with zero attached hydrogens (tertiary/aromatic N) is 1. The fraction of sp³-hybridized carbons (Fsp3) is 0.667. The molecule has 0 radical (unpaired) electrons. The van der Waals surface area contributed by atoms with Gasteiger partial charge in [-0.05, 0) is 64.8 Å². The lowest BCUT2D eigenvalue weighted by molar-refractivity contribution is -0.00604. The van der Waals surface area contributed by atoms with Gasteiger partial charge in [-0.2, -0.15) is 0 Å². The van der Waals surface area contributed by atoms with Crippen LogP contribution in [0.15, 0.2) is 18.2 Å². The predicted molar refractivity (Wildman–Crippen MR) is 86.8 cm³/mol. The standard InChI is InChI=1S/C18H28N2O/c1-14(2)20-11-5-9-18(3,13-20)21-17-7-4-6-15-8-10-19-12-16(15)17/h4,6-7,14,19H,5,8-13H2,1-3H3. The Balaban J connectivity index is 1.79. The molecular formula is C18H28N2O. The first-order chi connectivity index (χ1) is 10.1. The number of nitrogens with one attached hydrogen (secondary N) is 1. The molecule has 0 amide bonds. The van der Waals surface area contributed by atoms with E-state index in [-0.39, 0.29) is 5.60 Å². The summed E-state index contributed by atoms with van der Waals surface area (Å²) in [5.74, 6) is 1.09. The molecule has 21 heavy (non-hydrogen) atoms. The molecule has 0 aromatic heterocycles. The molecule has 1 aromatic rings. The van der Waals surface area contributed by atoms with Crippen LogP contribution in [0.3, 0.4) is 0 Å². The summed E-state index contributed by atoms with van der Waals surface area (Å²) in [6.07, 6.45) is 3.48. The highest BCUT2D eigenvalue weighted by Gasteiger charge is 2.34. The average molecular weight is 288 g/mol. The fourth-order valence-corrected chi connectivity index (χ4v) is 3.61. The summed E-state index contributed by atoms with van der Waals surface area (Å²) in [7, 11) is 0. The monoisotopic (exact) mass is 288 g/mol. The van der Waals surface area contributed by atoms with E-state index in [9.17, 15) is 0 Å². The fourth-order valence-electron chi connectivity index (χ4n) is 3.61. The van der Waals surface area contributed by atoms with Crippen molar-refractivity contribution in [3.05, 3.63) is 29.3 Å². The third-order valence-corrected chi connectivity index (χ3v) is 4.88. The van der Waals surface area contributed by atoms with Crippen LogP contribution in [0, 0.1) is 0 Å². The van der Waals surface area contributed by atoms with Crippen molar-refractivity contribution in [3.63, 3.8) is 0 Å². The SMILES string of the molecule is CC(C)N1CCCC(C)(Oc2cccc3c2CNCC3)C1. The van der Waals surface area contributed by atoms with Crippen molar-refractivity contribution >= 4 is 0 Å². The molecule has 0 bridgehead atoms. The number of benzene rings is 1. The van der Waals surface area contributed by atoms with Crippen LogP contribution >= 0.6 is 0 Å². The molecule has 2 aliphatic rings. The van der Waals surface area contributed by atoms with Crippen LogP contribution in [0.2, 0.25) is 0 Å². The molecule has 1 aromatic carbocycles. The van der Waals surface area contributed by atoms with E-state index in [0.29, 0.717) is 6.04 Å². The lowest BCUT2D eigenvalue weighted by Crippen LogP contribution is -2.52. The molecule has 1 atom stereocenters. The molecule has 0 saturated carbocycles. The first-order valence-electron chi connectivity index (χ1n) is 8.32. The highest BCUT2D eigenvalue weighted by atomic mass is 16.5. The molecule has 3 nitrogen and oxygen atoms in total. The third kappa shape index (κ3) is 3.24. The van der Waals surface area contributed by atoms with Crippen LogP contribution in [-0.4, -0.2) is 36.2 Å². The van der Waals surface area contributed by atoms with Crippen molar-refractivity contribution in [2.24, 2.45) is 0 Å². The molecule has 1 saturated heterocycles. The van der Waals surface area contributed by atoms with E-state index < -0.39 is 0 Å². The van der Waals surface area contributed by atoms with Gasteiger partial charge in [0.25, 0.3) is 0 Å². The van der Waals surface area contributed by atoms with Crippen molar-refractivity contribution in [2.75, 3.05) is 19.6 Å². The third-order valence-electron chi connectivity index (χ3n) is 4.88. The smallest absolute Gasteiger partial charge is 0.124 e. The quantitative estimate of drug-likeness (QED) is 0.925. The molecule has 3 heteroatoms. The maximum atomic E-state index is 6.54. The van der Waals surface area contributed by atoms with Crippen molar-refractivity contribution in [3.8, 4) is 5.75 Å². The number of rotatable bonds is 3. The summed E-state index contributed by atoms with van der Waals surface area (Å²) in [5, 5.41) is 3.47. The number of hydrogen-bond acceptors (Lipinski definition) is 3. The van der Waals surface area contributed by atoms with E-state index in [0.717, 1.165) is 38.2 Å². The number of hydrogen-bond donors (Lipinski definition) is 1. The second kappa shape index (κ2) is 5.98. The van der Waals surface area contributed by atoms with Crippen LogP contribution in [0.5, 0.6) is 5.75 Å². The van der Waals surface area contributed by atoms with Crippen LogP contribution < -0.4 is 10.1 Å². The van der Waals surface area contributed by atoms with Gasteiger partial charge in [0.15, 0.2) is 0 Å². The largest absolute Gasteiger partial charge is 0.486 e. The number of likely N-dealkylation sites (tertiary alicyclic amines) is 1. The lowest BCUT2D eigenvalue weighted by atomic mass is 9.93. The predicted octanol–water partition coefficient (Wildman–Crippen LogP) is 2.97. The topological polar surface area (TPSA) is 24.5 Å². The summed E-state index contributed by atoms with van der Waals surface area (Å²) in [4.78, 5) is 2.54. The summed E-state index contributed by atoms with van der Waals surface area (Å²) < 4.78 is 6.54. The molecule has 116 valence electrons. The van der Waals surface area contributed by atoms with Gasteiger partial charge in [-0.1, -0.05) is 12.1 Å². The summed E-state index contributed by atoms with van der Waals surface area (Å²) in [5.41, 5.74) is 2.76. The molecule has 0 spiro atoms. The first-order valence-corrected chi connectivity index (χ1v) is 8.32. The molecular weight excluding hydrogens is 260 g/mol. The van der Waals surface area contributed by atoms with Crippen LogP contribution in [0.4, 0.5) is 0 Å². The van der Waals surface area contributed by atoms with E-state index in [1.807, 2.05) is 0 Å². The number of ether oxygens (including phenoxy) is 1. The molecule has 1 unspecified atom stereocenters. The van der Waals surface area contributed by atoms with E-state index in [1.54, 1.807) is 0 Å². The highest BCUT2D eigenvalue weighted by Crippen LogP contribution is 2.32. The minimum Gasteiger partial charge on any atom is -0.486 e. The second-order valence-corrected chi connectivity index (χ2v) is 7.04. The normalized spacial score (nSPS) is 26.7. The minimum absolute atomic E-state index is 0.0604. The molecule has 1 N–H and O–H groups in total. The van der Waals surface area contributed by atoms with Gasteiger partial charge in [0, 0.05) is 24.7 Å². The van der Waals surface area contributed by atoms with Gasteiger partial charge in [-0.3, -0.25) is 4.90 Å². The van der Waals surface area contributed by atoms with Crippen molar-refractivity contribution in [1.82, 2.24) is 10.2 Å². The van der Waals surface area contributed by atoms with Crippen LogP contribution in [0.25, 0.3) is 0 Å². The zero-order chi connectivity index (χ0) is 14.9. The summed E-state index contributed by atoms with van der Waals surface area (Å²) in [6.45, 7) is 11.1. The van der Waals surface area contributed by atoms with E-state index >= 15 is 0 Å². The molecule has 3 rings (SSSR count). The maximum absolute atomic E-state index is 6.54. The molecule has 2 heterocycles. The van der Waals surface area contributed by atoms with Crippen molar-refractivity contribution < 1.29 is 4.74 Å². The average Bonchev–Trinajstić information content (AvgIpc) is 2.47. The Kier molecular flexibility index (Phi) is 4.23. The van der Waals surface area contributed by atoms with Gasteiger partial charge >= 0.3 is 0 Å². The van der Waals surface area contributed by atoms with Gasteiger partial charge in [-0.25, -0.2) is 0 Å². The summed E-state index contributed by atoms with van der Waals surface area (Å²) in [6, 6.07) is 7.13. The van der Waals surface area contributed by atoms with Crippen molar-refractivity contribution in [2.45, 2.75) is 58.2 Å². The van der Waals surface area contributed by atoms with Gasteiger partial charge in [-0.15, -0.1) is 0 Å². The Bertz CT molecular complexity index is 500. The Hall–Kier alpha value is -1.06. The van der Waals surface area contributed by atoms with Crippen molar-refractivity contribution in [1.29, 1.82) is 0 Å². The van der Waals surface area contributed by atoms with Crippen LogP contribution in [0.1, 0.15) is 44.7 Å². The Labute approximate surface area is 128 Å². The highest BCUT2D eigenvalue weighted by molar-refractivity contribution is 5.42. The Morgan fingerprint density at radius 1 is 1.33 bits per heavy atom. The number of piperidine rings is 1. The molecule has 1 fully saturated rings. The van der Waals surface area contributed by atoms with Crippen LogP contribution in [-0.2, 0) is 13.0 Å². The number of fused-ring (bicyclic) bond motifs is 1. The maximum Gasteiger partial charge on any atom is 0.124 e. The minimum atomic E-state index is -0.0604. The van der Waals surface area contributed by atoms with Gasteiger partial charge in [0.05, 0.1) is 0 Å². The summed E-state index contributed by atoms with van der Waals surface area (Å²) >= 11 is 0. The zero-order valence-corrected chi connectivity index (χ0v) is 13.6. The van der Waals surface area contributed by atoms with Gasteiger partial charge < -0.3 is 10.1 Å². The Morgan fingerprint density at radius 3 is 3.00 bits per heavy atom. The van der Waals surface area contributed by atoms with E-state index in [2.05, 4.69) is 49.2 Å². The Morgan fingerprint density at radius 2 is 2.19 bits per heavy atom. The molecule has 2 aliphatic heterocycles. The zero-order valence-electron chi connectivity index (χ0n) is 13.6. The lowest BCUT2D eigenvalue weighted by Gasteiger charge is -2.42. The van der Waals surface area contributed by atoms with E-state index in [1.165, 1.54) is 24.1 Å². The molecule has 0 aliphatic carbocycles. The van der Waals surface area contributed by atoms with E-state index in [4.69, 9.17) is 4.74 Å². The van der Waals surface area contributed by atoms with Gasteiger partial charge in [0.1, 0.15) is 11.4 Å².